The maximum Gasteiger partial charge on any atom is 0.150 e. The van der Waals surface area contributed by atoms with Crippen LogP contribution in [-0.4, -0.2) is 21.6 Å². The molecule has 0 amide bonds. The van der Waals surface area contributed by atoms with Crippen LogP contribution in [0.15, 0.2) is 91.4 Å². The minimum Gasteiger partial charge on any atom is -0.497 e. The molecule has 2 heterocycles. The van der Waals surface area contributed by atoms with E-state index in [9.17, 15) is 0 Å². The standard InChI is InChI=1S/C26H22N4O/c1-18-8-10-20(11-9-18)29-25-24-23(19-6-4-3-5-7-19)16-30(26(24)28-17-27-25)21-12-14-22(31-2)15-13-21/h3-17H,1-2H3,(H,27,28,29). The summed E-state index contributed by atoms with van der Waals surface area (Å²) in [5, 5.41) is 4.46. The van der Waals surface area contributed by atoms with Gasteiger partial charge >= 0.3 is 0 Å². The van der Waals surface area contributed by atoms with Gasteiger partial charge in [0.05, 0.1) is 12.5 Å². The van der Waals surface area contributed by atoms with Gasteiger partial charge in [0.25, 0.3) is 0 Å². The van der Waals surface area contributed by atoms with Crippen LogP contribution in [-0.2, 0) is 0 Å². The molecule has 0 bridgehead atoms. The number of methoxy groups -OCH3 is 1. The first-order chi connectivity index (χ1) is 15.2. The third-order valence-corrected chi connectivity index (χ3v) is 5.33. The highest BCUT2D eigenvalue weighted by Crippen LogP contribution is 2.36. The summed E-state index contributed by atoms with van der Waals surface area (Å²) in [7, 11) is 1.67. The lowest BCUT2D eigenvalue weighted by atomic mass is 10.1. The normalized spacial score (nSPS) is 10.9. The number of aryl methyl sites for hydroxylation is 1. The van der Waals surface area contributed by atoms with Crippen molar-refractivity contribution in [3.63, 3.8) is 0 Å². The van der Waals surface area contributed by atoms with Crippen molar-refractivity contribution >= 4 is 22.5 Å². The van der Waals surface area contributed by atoms with Crippen LogP contribution in [0.25, 0.3) is 27.8 Å². The minimum atomic E-state index is 0.778. The molecular weight excluding hydrogens is 384 g/mol. The number of ether oxygens (including phenoxy) is 1. The molecular formula is C26H22N4O. The molecule has 0 fully saturated rings. The zero-order valence-corrected chi connectivity index (χ0v) is 17.4. The van der Waals surface area contributed by atoms with Crippen molar-refractivity contribution in [3.8, 4) is 22.6 Å². The largest absolute Gasteiger partial charge is 0.497 e. The van der Waals surface area contributed by atoms with E-state index in [0.29, 0.717) is 0 Å². The number of hydrogen-bond acceptors (Lipinski definition) is 4. The summed E-state index contributed by atoms with van der Waals surface area (Å²) >= 11 is 0. The summed E-state index contributed by atoms with van der Waals surface area (Å²) in [5.41, 5.74) is 6.24. The Balaban J connectivity index is 1.71. The van der Waals surface area contributed by atoms with Gasteiger partial charge in [-0.25, -0.2) is 9.97 Å². The van der Waals surface area contributed by atoms with Crippen molar-refractivity contribution < 1.29 is 4.74 Å². The predicted octanol–water partition coefficient (Wildman–Crippen LogP) is 6.15. The molecule has 152 valence electrons. The Hall–Kier alpha value is -4.12. The number of hydrogen-bond donors (Lipinski definition) is 1. The molecule has 0 radical (unpaired) electrons. The van der Waals surface area contributed by atoms with Crippen molar-refractivity contribution in [2.45, 2.75) is 6.92 Å². The van der Waals surface area contributed by atoms with Crippen LogP contribution in [0.1, 0.15) is 5.56 Å². The van der Waals surface area contributed by atoms with Crippen LogP contribution in [0.5, 0.6) is 5.75 Å². The molecule has 0 saturated carbocycles. The van der Waals surface area contributed by atoms with Crippen LogP contribution in [0.2, 0.25) is 0 Å². The maximum atomic E-state index is 5.32. The quantitative estimate of drug-likeness (QED) is 0.380. The van der Waals surface area contributed by atoms with Crippen LogP contribution < -0.4 is 10.1 Å². The van der Waals surface area contributed by atoms with Crippen LogP contribution in [0.3, 0.4) is 0 Å². The Bertz CT molecular complexity index is 1320. The van der Waals surface area contributed by atoms with Crippen molar-refractivity contribution in [2.75, 3.05) is 12.4 Å². The second-order valence-electron chi connectivity index (χ2n) is 7.39. The number of nitrogens with one attached hydrogen (secondary N) is 1. The third-order valence-electron chi connectivity index (χ3n) is 5.33. The molecule has 5 heteroatoms. The highest BCUT2D eigenvalue weighted by molar-refractivity contribution is 6.03. The molecule has 0 spiro atoms. The van der Waals surface area contributed by atoms with Gasteiger partial charge in [-0.05, 0) is 48.9 Å². The third kappa shape index (κ3) is 3.62. The van der Waals surface area contributed by atoms with Crippen molar-refractivity contribution in [3.05, 3.63) is 97.0 Å². The van der Waals surface area contributed by atoms with Gasteiger partial charge in [0.15, 0.2) is 5.65 Å². The Morgan fingerprint density at radius 1 is 0.839 bits per heavy atom. The van der Waals surface area contributed by atoms with E-state index in [1.54, 1.807) is 13.4 Å². The molecule has 2 aromatic heterocycles. The zero-order chi connectivity index (χ0) is 21.2. The van der Waals surface area contributed by atoms with Gasteiger partial charge < -0.3 is 14.6 Å². The molecule has 0 unspecified atom stereocenters. The zero-order valence-electron chi connectivity index (χ0n) is 17.4. The predicted molar refractivity (Wildman–Crippen MR) is 125 cm³/mol. The Morgan fingerprint density at radius 2 is 1.58 bits per heavy atom. The van der Waals surface area contributed by atoms with Gasteiger partial charge in [-0.3, -0.25) is 0 Å². The van der Waals surface area contributed by atoms with Crippen LogP contribution in [0.4, 0.5) is 11.5 Å². The Kier molecular flexibility index (Phi) is 4.84. The lowest BCUT2D eigenvalue weighted by Crippen LogP contribution is -1.98. The van der Waals surface area contributed by atoms with Gasteiger partial charge in [0.2, 0.25) is 0 Å². The molecule has 5 nitrogen and oxygen atoms in total. The lowest BCUT2D eigenvalue weighted by Gasteiger charge is -2.09. The maximum absolute atomic E-state index is 5.32. The summed E-state index contributed by atoms with van der Waals surface area (Å²) < 4.78 is 7.41. The highest BCUT2D eigenvalue weighted by atomic mass is 16.5. The summed E-state index contributed by atoms with van der Waals surface area (Å²) in [6.07, 6.45) is 3.73. The molecule has 0 atom stereocenters. The monoisotopic (exact) mass is 406 g/mol. The first kappa shape index (κ1) is 18.9. The summed E-state index contributed by atoms with van der Waals surface area (Å²) in [6.45, 7) is 2.08. The van der Waals surface area contributed by atoms with E-state index in [1.165, 1.54) is 5.56 Å². The first-order valence-electron chi connectivity index (χ1n) is 10.1. The topological polar surface area (TPSA) is 52.0 Å². The first-order valence-corrected chi connectivity index (χ1v) is 10.1. The van der Waals surface area contributed by atoms with Crippen molar-refractivity contribution in [2.24, 2.45) is 0 Å². The van der Waals surface area contributed by atoms with Gasteiger partial charge in [-0.1, -0.05) is 48.0 Å². The fourth-order valence-corrected chi connectivity index (χ4v) is 3.71. The summed E-state index contributed by atoms with van der Waals surface area (Å²) in [4.78, 5) is 9.23. The second kappa shape index (κ2) is 7.95. The molecule has 0 saturated heterocycles. The molecule has 0 aliphatic carbocycles. The second-order valence-corrected chi connectivity index (χ2v) is 7.39. The molecule has 3 aromatic carbocycles. The molecule has 0 aliphatic rings. The number of fused-ring (bicyclic) bond motifs is 1. The number of anilines is 2. The lowest BCUT2D eigenvalue weighted by molar-refractivity contribution is 0.415. The fourth-order valence-electron chi connectivity index (χ4n) is 3.71. The number of rotatable bonds is 5. The number of aromatic nitrogens is 3. The highest BCUT2D eigenvalue weighted by Gasteiger charge is 2.17. The fraction of sp³-hybridized carbons (Fsp3) is 0.0769. The van der Waals surface area contributed by atoms with Gasteiger partial charge in [0.1, 0.15) is 17.9 Å². The molecule has 0 aliphatic heterocycles. The van der Waals surface area contributed by atoms with E-state index < -0.39 is 0 Å². The molecule has 1 N–H and O–H groups in total. The molecule has 31 heavy (non-hydrogen) atoms. The number of nitrogens with zero attached hydrogens (tertiary/aromatic N) is 3. The summed E-state index contributed by atoms with van der Waals surface area (Å²) in [5.74, 6) is 1.60. The van der Waals surface area contributed by atoms with Crippen molar-refractivity contribution in [1.29, 1.82) is 0 Å². The minimum absolute atomic E-state index is 0.778. The van der Waals surface area contributed by atoms with Crippen LogP contribution in [0, 0.1) is 6.92 Å². The SMILES string of the molecule is COc1ccc(-n2cc(-c3ccccc3)c3c(Nc4ccc(C)cc4)ncnc32)cc1. The van der Waals surface area contributed by atoms with Gasteiger partial charge in [0, 0.05) is 23.1 Å². The van der Waals surface area contributed by atoms with E-state index in [-0.39, 0.29) is 0 Å². The number of benzene rings is 3. The Morgan fingerprint density at radius 3 is 2.29 bits per heavy atom. The van der Waals surface area contributed by atoms with Crippen LogP contribution >= 0.6 is 0 Å². The van der Waals surface area contributed by atoms with E-state index in [4.69, 9.17) is 4.74 Å². The molecule has 5 rings (SSSR count). The smallest absolute Gasteiger partial charge is 0.150 e. The van der Waals surface area contributed by atoms with E-state index in [2.05, 4.69) is 69.4 Å². The van der Waals surface area contributed by atoms with Gasteiger partial charge in [-0.15, -0.1) is 0 Å². The van der Waals surface area contributed by atoms with E-state index >= 15 is 0 Å². The van der Waals surface area contributed by atoms with E-state index in [0.717, 1.165) is 45.1 Å². The Labute approximate surface area is 181 Å². The summed E-state index contributed by atoms with van der Waals surface area (Å²) in [6, 6.07) is 26.6. The van der Waals surface area contributed by atoms with Crippen molar-refractivity contribution in [1.82, 2.24) is 14.5 Å². The average Bonchev–Trinajstić information content (AvgIpc) is 3.22. The average molecular weight is 406 g/mol. The van der Waals surface area contributed by atoms with E-state index in [1.807, 2.05) is 42.5 Å². The molecule has 5 aromatic rings. The van der Waals surface area contributed by atoms with Gasteiger partial charge in [-0.2, -0.15) is 0 Å².